The van der Waals surface area contributed by atoms with Crippen molar-refractivity contribution >= 4 is 39.0 Å². The summed E-state index contributed by atoms with van der Waals surface area (Å²) in [4.78, 5) is 12.0. The molecule has 3 aromatic rings. The second kappa shape index (κ2) is 5.30. The number of nitrogens with zero attached hydrogens (tertiary/aromatic N) is 3. The molecular weight excluding hydrogens is 322 g/mol. The van der Waals surface area contributed by atoms with E-state index in [1.165, 1.54) is 0 Å². The van der Waals surface area contributed by atoms with Gasteiger partial charge in [0.1, 0.15) is 6.33 Å². The van der Waals surface area contributed by atoms with Crippen LogP contribution in [0.4, 0.5) is 16.2 Å². The van der Waals surface area contributed by atoms with Gasteiger partial charge >= 0.3 is 6.03 Å². The van der Waals surface area contributed by atoms with Crippen molar-refractivity contribution in [1.29, 1.82) is 0 Å². The van der Waals surface area contributed by atoms with E-state index in [0.29, 0.717) is 11.3 Å². The average Bonchev–Trinajstić information content (AvgIpc) is 2.88. The first-order valence-corrected chi connectivity index (χ1v) is 6.63. The zero-order chi connectivity index (χ0) is 13.9. The second-order valence-corrected chi connectivity index (χ2v) is 4.99. The van der Waals surface area contributed by atoms with E-state index < -0.39 is 0 Å². The van der Waals surface area contributed by atoms with Crippen molar-refractivity contribution in [2.24, 2.45) is 0 Å². The SMILES string of the molecule is O=C(Nc1ccccc1)Nc1cc(Br)cn2cnnc12. The van der Waals surface area contributed by atoms with Crippen LogP contribution in [0.1, 0.15) is 0 Å². The van der Waals surface area contributed by atoms with E-state index in [1.807, 2.05) is 36.5 Å². The van der Waals surface area contributed by atoms with Gasteiger partial charge in [0, 0.05) is 16.4 Å². The predicted octanol–water partition coefficient (Wildman–Crippen LogP) is 3.14. The van der Waals surface area contributed by atoms with Crippen LogP contribution in [0.15, 0.2) is 53.4 Å². The van der Waals surface area contributed by atoms with Crippen LogP contribution in [0.2, 0.25) is 0 Å². The standard InChI is InChI=1S/C13H10BrN5O/c14-9-6-11(12-18-15-8-19(12)7-9)17-13(20)16-10-4-2-1-3-5-10/h1-8H,(H2,16,17,20). The molecule has 7 heteroatoms. The predicted molar refractivity (Wildman–Crippen MR) is 79.8 cm³/mol. The minimum atomic E-state index is -0.334. The topological polar surface area (TPSA) is 71.3 Å². The number of fused-ring (bicyclic) bond motifs is 1. The first-order chi connectivity index (χ1) is 9.72. The third-order valence-corrected chi connectivity index (χ3v) is 3.07. The van der Waals surface area contributed by atoms with Gasteiger partial charge in [-0.05, 0) is 34.1 Å². The normalized spacial score (nSPS) is 10.4. The lowest BCUT2D eigenvalue weighted by atomic mass is 10.3. The molecule has 0 radical (unpaired) electrons. The summed E-state index contributed by atoms with van der Waals surface area (Å²) in [5.41, 5.74) is 1.87. The highest BCUT2D eigenvalue weighted by Crippen LogP contribution is 2.21. The first kappa shape index (κ1) is 12.6. The van der Waals surface area contributed by atoms with E-state index in [0.717, 1.165) is 10.2 Å². The summed E-state index contributed by atoms with van der Waals surface area (Å²) in [6, 6.07) is 10.7. The lowest BCUT2D eigenvalue weighted by Crippen LogP contribution is -2.19. The van der Waals surface area contributed by atoms with Crippen LogP contribution in [0.5, 0.6) is 0 Å². The minimum Gasteiger partial charge on any atom is -0.308 e. The van der Waals surface area contributed by atoms with Gasteiger partial charge in [-0.25, -0.2) is 4.79 Å². The van der Waals surface area contributed by atoms with Crippen LogP contribution >= 0.6 is 15.9 Å². The molecule has 2 heterocycles. The minimum absolute atomic E-state index is 0.334. The number of halogens is 1. The third kappa shape index (κ3) is 2.62. The van der Waals surface area contributed by atoms with Crippen molar-refractivity contribution in [1.82, 2.24) is 14.6 Å². The van der Waals surface area contributed by atoms with Crippen molar-refractivity contribution in [2.75, 3.05) is 10.6 Å². The molecule has 0 aliphatic rings. The Kier molecular flexibility index (Phi) is 3.34. The molecule has 0 aliphatic carbocycles. The van der Waals surface area contributed by atoms with E-state index >= 15 is 0 Å². The monoisotopic (exact) mass is 331 g/mol. The van der Waals surface area contributed by atoms with E-state index in [9.17, 15) is 4.79 Å². The number of carbonyl (C=O) groups is 1. The van der Waals surface area contributed by atoms with E-state index in [-0.39, 0.29) is 6.03 Å². The Morgan fingerprint density at radius 2 is 2.00 bits per heavy atom. The fourth-order valence-electron chi connectivity index (χ4n) is 1.80. The summed E-state index contributed by atoms with van der Waals surface area (Å²) >= 11 is 3.38. The number of anilines is 2. The van der Waals surface area contributed by atoms with Crippen molar-refractivity contribution < 1.29 is 4.79 Å². The highest BCUT2D eigenvalue weighted by molar-refractivity contribution is 9.10. The summed E-state index contributed by atoms with van der Waals surface area (Å²) in [6.45, 7) is 0. The largest absolute Gasteiger partial charge is 0.323 e. The zero-order valence-corrected chi connectivity index (χ0v) is 11.8. The van der Waals surface area contributed by atoms with Crippen molar-refractivity contribution in [3.8, 4) is 0 Å². The molecule has 0 fully saturated rings. The number of hydrogen-bond acceptors (Lipinski definition) is 3. The Morgan fingerprint density at radius 3 is 2.80 bits per heavy atom. The molecule has 2 aromatic heterocycles. The van der Waals surface area contributed by atoms with Crippen LogP contribution in [0.25, 0.3) is 5.65 Å². The Hall–Kier alpha value is -2.41. The molecule has 0 saturated heterocycles. The Labute approximate surface area is 123 Å². The van der Waals surface area contributed by atoms with E-state index in [4.69, 9.17) is 0 Å². The van der Waals surface area contributed by atoms with Gasteiger partial charge in [0.05, 0.1) is 5.69 Å². The van der Waals surface area contributed by atoms with E-state index in [2.05, 4.69) is 36.8 Å². The number of carbonyl (C=O) groups excluding carboxylic acids is 1. The highest BCUT2D eigenvalue weighted by Gasteiger charge is 2.09. The number of aromatic nitrogens is 3. The third-order valence-electron chi connectivity index (χ3n) is 2.64. The number of para-hydroxylation sites is 1. The molecule has 100 valence electrons. The van der Waals surface area contributed by atoms with E-state index in [1.54, 1.807) is 16.8 Å². The molecule has 2 N–H and O–H groups in total. The van der Waals surface area contributed by atoms with Crippen molar-refractivity contribution in [3.05, 3.63) is 53.4 Å². The van der Waals surface area contributed by atoms with Crippen LogP contribution in [-0.2, 0) is 0 Å². The zero-order valence-electron chi connectivity index (χ0n) is 10.2. The summed E-state index contributed by atoms with van der Waals surface area (Å²) < 4.78 is 2.54. The molecular formula is C13H10BrN5O. The van der Waals surface area contributed by atoms with Gasteiger partial charge in [-0.3, -0.25) is 4.40 Å². The molecule has 0 atom stereocenters. The fraction of sp³-hybridized carbons (Fsp3) is 0. The maximum atomic E-state index is 12.0. The second-order valence-electron chi connectivity index (χ2n) is 4.08. The van der Waals surface area contributed by atoms with Crippen molar-refractivity contribution in [2.45, 2.75) is 0 Å². The molecule has 6 nitrogen and oxygen atoms in total. The van der Waals surface area contributed by atoms with Crippen molar-refractivity contribution in [3.63, 3.8) is 0 Å². The van der Waals surface area contributed by atoms with Gasteiger partial charge in [0.15, 0.2) is 5.65 Å². The summed E-state index contributed by atoms with van der Waals surface area (Å²) in [5.74, 6) is 0. The number of pyridine rings is 1. The fourth-order valence-corrected chi connectivity index (χ4v) is 2.25. The number of amides is 2. The number of benzene rings is 1. The van der Waals surface area contributed by atoms with Crippen LogP contribution in [0, 0.1) is 0 Å². The number of rotatable bonds is 2. The Balaban J connectivity index is 1.82. The Morgan fingerprint density at radius 1 is 1.20 bits per heavy atom. The molecule has 0 saturated carbocycles. The average molecular weight is 332 g/mol. The molecule has 1 aromatic carbocycles. The van der Waals surface area contributed by atoms with Gasteiger partial charge in [0.2, 0.25) is 0 Å². The van der Waals surface area contributed by atoms with Gasteiger partial charge < -0.3 is 10.6 Å². The number of hydrogen-bond donors (Lipinski definition) is 2. The summed E-state index contributed by atoms with van der Waals surface area (Å²) in [5, 5.41) is 13.3. The quantitative estimate of drug-likeness (QED) is 0.757. The van der Waals surface area contributed by atoms with Crippen LogP contribution in [-0.4, -0.2) is 20.6 Å². The Bertz CT molecular complexity index is 756. The molecule has 0 spiro atoms. The first-order valence-electron chi connectivity index (χ1n) is 5.84. The summed E-state index contributed by atoms with van der Waals surface area (Å²) in [6.07, 6.45) is 3.38. The van der Waals surface area contributed by atoms with Gasteiger partial charge in [-0.15, -0.1) is 10.2 Å². The van der Waals surface area contributed by atoms with Gasteiger partial charge in [0.25, 0.3) is 0 Å². The molecule has 3 rings (SSSR count). The smallest absolute Gasteiger partial charge is 0.308 e. The molecule has 20 heavy (non-hydrogen) atoms. The summed E-state index contributed by atoms with van der Waals surface area (Å²) in [7, 11) is 0. The lowest BCUT2D eigenvalue weighted by molar-refractivity contribution is 0.262. The van der Waals surface area contributed by atoms with Crippen LogP contribution in [0.3, 0.4) is 0 Å². The number of urea groups is 1. The maximum Gasteiger partial charge on any atom is 0.323 e. The molecule has 0 unspecified atom stereocenters. The number of nitrogens with one attached hydrogen (secondary N) is 2. The highest BCUT2D eigenvalue weighted by atomic mass is 79.9. The van der Waals surface area contributed by atoms with Crippen LogP contribution < -0.4 is 10.6 Å². The molecule has 0 bridgehead atoms. The molecule has 2 amide bonds. The lowest BCUT2D eigenvalue weighted by Gasteiger charge is -2.08. The molecule has 0 aliphatic heterocycles. The van der Waals surface area contributed by atoms with Gasteiger partial charge in [-0.2, -0.15) is 0 Å². The van der Waals surface area contributed by atoms with Gasteiger partial charge in [-0.1, -0.05) is 18.2 Å². The maximum absolute atomic E-state index is 12.0.